The Morgan fingerprint density at radius 1 is 1.29 bits per heavy atom. The van der Waals surface area contributed by atoms with Crippen LogP contribution in [0.5, 0.6) is 0 Å². The predicted molar refractivity (Wildman–Crippen MR) is 97.9 cm³/mol. The third-order valence-electron chi connectivity index (χ3n) is 4.41. The molecule has 126 valence electrons. The first-order valence-electron chi connectivity index (χ1n) is 8.14. The standard InChI is InChI=1S/C18H22N4OS/c1-3-14(11-13(2)24(19)23)16-12-17-20-9-10-22(17)21-18(16)15-7-5-4-6-8-15/h4-10,12-14H,3,11,19H2,1-2H3/t13?,14-,24?/m1/s1. The predicted octanol–water partition coefficient (Wildman–Crippen LogP) is 3.29. The SMILES string of the molecule is CC[C@H](CC(C)S(N)=O)c1cc2nccn2nc1-c1ccccc1. The van der Waals surface area contributed by atoms with Crippen molar-refractivity contribution in [3.05, 3.63) is 54.4 Å². The van der Waals surface area contributed by atoms with Crippen LogP contribution in [-0.2, 0) is 11.0 Å². The summed E-state index contributed by atoms with van der Waals surface area (Å²) < 4.78 is 13.4. The van der Waals surface area contributed by atoms with E-state index < -0.39 is 11.0 Å². The molecule has 2 N–H and O–H groups in total. The van der Waals surface area contributed by atoms with Gasteiger partial charge < -0.3 is 0 Å². The number of benzene rings is 1. The Kier molecular flexibility index (Phi) is 5.06. The van der Waals surface area contributed by atoms with Crippen molar-refractivity contribution in [3.63, 3.8) is 0 Å². The maximum atomic E-state index is 11.6. The Balaban J connectivity index is 2.11. The van der Waals surface area contributed by atoms with Gasteiger partial charge in [0.1, 0.15) is 0 Å². The molecule has 2 unspecified atom stereocenters. The van der Waals surface area contributed by atoms with Gasteiger partial charge in [0.15, 0.2) is 5.65 Å². The van der Waals surface area contributed by atoms with Crippen LogP contribution >= 0.6 is 0 Å². The fraction of sp³-hybridized carbons (Fsp3) is 0.333. The molecule has 3 aromatic rings. The third-order valence-corrected chi connectivity index (χ3v) is 5.39. The van der Waals surface area contributed by atoms with E-state index in [0.29, 0.717) is 0 Å². The molecule has 0 spiro atoms. The Morgan fingerprint density at radius 2 is 2.04 bits per heavy atom. The van der Waals surface area contributed by atoms with Crippen molar-refractivity contribution in [1.82, 2.24) is 14.6 Å². The van der Waals surface area contributed by atoms with Gasteiger partial charge in [-0.25, -0.2) is 13.7 Å². The van der Waals surface area contributed by atoms with Gasteiger partial charge in [0.2, 0.25) is 0 Å². The monoisotopic (exact) mass is 342 g/mol. The van der Waals surface area contributed by atoms with Gasteiger partial charge in [-0.05, 0) is 37.3 Å². The summed E-state index contributed by atoms with van der Waals surface area (Å²) in [5.74, 6) is 0.233. The molecule has 0 saturated carbocycles. The van der Waals surface area contributed by atoms with E-state index in [1.807, 2.05) is 31.3 Å². The average Bonchev–Trinajstić information content (AvgIpc) is 3.06. The van der Waals surface area contributed by atoms with Crippen molar-refractivity contribution in [2.45, 2.75) is 37.9 Å². The van der Waals surface area contributed by atoms with Crippen LogP contribution in [0.4, 0.5) is 0 Å². The van der Waals surface area contributed by atoms with Crippen LogP contribution in [0, 0.1) is 0 Å². The third kappa shape index (κ3) is 3.39. The quantitative estimate of drug-likeness (QED) is 0.747. The molecule has 0 bridgehead atoms. The van der Waals surface area contributed by atoms with Crippen molar-refractivity contribution in [2.24, 2.45) is 5.14 Å². The molecular formula is C18H22N4OS. The molecule has 1 aromatic carbocycles. The highest BCUT2D eigenvalue weighted by Crippen LogP contribution is 2.33. The average molecular weight is 342 g/mol. The second kappa shape index (κ2) is 7.23. The Bertz CT molecular complexity index is 847. The molecule has 0 radical (unpaired) electrons. The van der Waals surface area contributed by atoms with E-state index in [4.69, 9.17) is 10.2 Å². The Hall–Kier alpha value is -2.05. The van der Waals surface area contributed by atoms with Gasteiger partial charge in [-0.3, -0.25) is 5.14 Å². The van der Waals surface area contributed by atoms with Gasteiger partial charge in [-0.1, -0.05) is 37.3 Å². The van der Waals surface area contributed by atoms with Gasteiger partial charge in [0, 0.05) is 23.2 Å². The number of nitrogens with zero attached hydrogens (tertiary/aromatic N) is 3. The largest absolute Gasteiger partial charge is 0.252 e. The zero-order valence-corrected chi connectivity index (χ0v) is 14.7. The summed E-state index contributed by atoms with van der Waals surface area (Å²) in [6.45, 7) is 4.07. The van der Waals surface area contributed by atoms with E-state index in [-0.39, 0.29) is 11.2 Å². The lowest BCUT2D eigenvalue weighted by molar-refractivity contribution is 0.587. The fourth-order valence-corrected chi connectivity index (χ4v) is 3.43. The Labute approximate surface area is 144 Å². The number of hydrogen-bond acceptors (Lipinski definition) is 3. The fourth-order valence-electron chi connectivity index (χ4n) is 3.01. The molecule has 5 nitrogen and oxygen atoms in total. The van der Waals surface area contributed by atoms with E-state index in [0.717, 1.165) is 35.3 Å². The van der Waals surface area contributed by atoms with E-state index in [2.05, 4.69) is 30.1 Å². The molecule has 0 fully saturated rings. The summed E-state index contributed by atoms with van der Waals surface area (Å²) in [5, 5.41) is 10.3. The number of fused-ring (bicyclic) bond motifs is 1. The van der Waals surface area contributed by atoms with Gasteiger partial charge >= 0.3 is 0 Å². The van der Waals surface area contributed by atoms with E-state index in [9.17, 15) is 4.21 Å². The van der Waals surface area contributed by atoms with Gasteiger partial charge in [0.05, 0.1) is 16.7 Å². The summed E-state index contributed by atoms with van der Waals surface area (Å²) in [5.41, 5.74) is 3.98. The number of hydrogen-bond donors (Lipinski definition) is 1. The lowest BCUT2D eigenvalue weighted by Crippen LogP contribution is -2.21. The van der Waals surface area contributed by atoms with Crippen molar-refractivity contribution in [3.8, 4) is 11.3 Å². The van der Waals surface area contributed by atoms with E-state index in [1.54, 1.807) is 10.7 Å². The minimum atomic E-state index is -1.32. The first-order valence-corrected chi connectivity index (χ1v) is 9.42. The Morgan fingerprint density at radius 3 is 2.71 bits per heavy atom. The van der Waals surface area contributed by atoms with Crippen molar-refractivity contribution in [2.75, 3.05) is 0 Å². The highest BCUT2D eigenvalue weighted by Gasteiger charge is 2.21. The molecule has 6 heteroatoms. The molecule has 0 aliphatic carbocycles. The van der Waals surface area contributed by atoms with Crippen LogP contribution in [-0.4, -0.2) is 24.1 Å². The lowest BCUT2D eigenvalue weighted by Gasteiger charge is -2.21. The number of imidazole rings is 1. The van der Waals surface area contributed by atoms with E-state index in [1.165, 1.54) is 0 Å². The summed E-state index contributed by atoms with van der Waals surface area (Å²) >= 11 is 0. The minimum absolute atomic E-state index is 0.0606. The van der Waals surface area contributed by atoms with Crippen LogP contribution in [0.2, 0.25) is 0 Å². The minimum Gasteiger partial charge on any atom is -0.252 e. The van der Waals surface area contributed by atoms with Crippen LogP contribution in [0.15, 0.2) is 48.8 Å². The number of aromatic nitrogens is 3. The van der Waals surface area contributed by atoms with Gasteiger partial charge in [-0.2, -0.15) is 5.10 Å². The second-order valence-electron chi connectivity index (χ2n) is 6.02. The van der Waals surface area contributed by atoms with Crippen LogP contribution in [0.3, 0.4) is 0 Å². The molecule has 2 heterocycles. The first kappa shape index (κ1) is 16.8. The topological polar surface area (TPSA) is 73.3 Å². The molecular weight excluding hydrogens is 320 g/mol. The highest BCUT2D eigenvalue weighted by molar-refractivity contribution is 7.83. The molecule has 24 heavy (non-hydrogen) atoms. The molecule has 3 atom stereocenters. The van der Waals surface area contributed by atoms with Crippen molar-refractivity contribution < 1.29 is 4.21 Å². The van der Waals surface area contributed by atoms with Crippen LogP contribution in [0.1, 0.15) is 38.2 Å². The highest BCUT2D eigenvalue weighted by atomic mass is 32.2. The lowest BCUT2D eigenvalue weighted by atomic mass is 9.89. The zero-order chi connectivity index (χ0) is 17.1. The van der Waals surface area contributed by atoms with E-state index >= 15 is 0 Å². The zero-order valence-electron chi connectivity index (χ0n) is 13.9. The van der Waals surface area contributed by atoms with Gasteiger partial charge in [-0.15, -0.1) is 0 Å². The summed E-state index contributed by atoms with van der Waals surface area (Å²) in [6.07, 6.45) is 5.29. The molecule has 0 aliphatic heterocycles. The van der Waals surface area contributed by atoms with Gasteiger partial charge in [0.25, 0.3) is 0 Å². The first-order chi connectivity index (χ1) is 11.6. The molecule has 0 amide bonds. The summed E-state index contributed by atoms with van der Waals surface area (Å²) in [4.78, 5) is 4.36. The summed E-state index contributed by atoms with van der Waals surface area (Å²) in [7, 11) is -1.32. The van der Waals surface area contributed by atoms with Crippen molar-refractivity contribution >= 4 is 16.6 Å². The molecule has 0 aliphatic rings. The molecule has 3 rings (SSSR count). The van der Waals surface area contributed by atoms with Crippen LogP contribution < -0.4 is 5.14 Å². The summed E-state index contributed by atoms with van der Waals surface area (Å²) in [6, 6.07) is 12.2. The number of nitrogens with two attached hydrogens (primary N) is 1. The van der Waals surface area contributed by atoms with Crippen LogP contribution in [0.25, 0.3) is 16.9 Å². The molecule has 0 saturated heterocycles. The maximum Gasteiger partial charge on any atom is 0.153 e. The normalized spacial score (nSPS) is 15.3. The smallest absolute Gasteiger partial charge is 0.153 e. The van der Waals surface area contributed by atoms with Crippen molar-refractivity contribution in [1.29, 1.82) is 0 Å². The molecule has 2 aromatic heterocycles. The number of rotatable bonds is 6. The maximum absolute atomic E-state index is 11.6. The second-order valence-corrected chi connectivity index (χ2v) is 7.49.